The minimum absolute atomic E-state index is 0.916. The number of hydrogen-bond acceptors (Lipinski definition) is 2. The first-order valence-electron chi connectivity index (χ1n) is 4.19. The Bertz CT molecular complexity index is 351. The fraction of sp³-hybridized carbons (Fsp3) is 0.182. The van der Waals surface area contributed by atoms with Gasteiger partial charge in [-0.15, -0.1) is 0 Å². The molecular weight excluding hydrogens is 160 g/mol. The molecule has 3 N–H and O–H groups in total. The van der Waals surface area contributed by atoms with E-state index in [2.05, 4.69) is 0 Å². The number of nitrogens with one attached hydrogen (secondary N) is 1. The molecule has 13 heavy (non-hydrogen) atoms. The fourth-order valence-corrected chi connectivity index (χ4v) is 1.43. The van der Waals surface area contributed by atoms with Crippen molar-refractivity contribution in [3.63, 3.8) is 0 Å². The summed E-state index contributed by atoms with van der Waals surface area (Å²) in [7, 11) is 0. The Hall–Kier alpha value is -1.57. The summed E-state index contributed by atoms with van der Waals surface area (Å²) in [6, 6.07) is 5.89. The van der Waals surface area contributed by atoms with Crippen LogP contribution in [0.4, 0.5) is 0 Å². The van der Waals surface area contributed by atoms with Gasteiger partial charge in [0.2, 0.25) is 0 Å². The summed E-state index contributed by atoms with van der Waals surface area (Å²) in [5.74, 6) is 0. The maximum Gasteiger partial charge on any atom is 0.0256 e. The molecule has 0 spiro atoms. The van der Waals surface area contributed by atoms with E-state index in [9.17, 15) is 0 Å². The first kappa shape index (κ1) is 9.52. The maximum atomic E-state index is 7.26. The van der Waals surface area contributed by atoms with Crippen molar-refractivity contribution in [2.24, 2.45) is 5.73 Å². The van der Waals surface area contributed by atoms with Crippen LogP contribution in [-0.2, 0) is 0 Å². The van der Waals surface area contributed by atoms with Crippen LogP contribution in [0.3, 0.4) is 0 Å². The zero-order chi connectivity index (χ0) is 9.84. The average Bonchev–Trinajstić information content (AvgIpc) is 2.16. The quantitative estimate of drug-likeness (QED) is 0.664. The molecule has 0 unspecified atom stereocenters. The van der Waals surface area contributed by atoms with Gasteiger partial charge in [-0.1, -0.05) is 18.2 Å². The first-order valence-corrected chi connectivity index (χ1v) is 4.19. The lowest BCUT2D eigenvalue weighted by molar-refractivity contribution is 1.38. The number of aryl methyl sites for hydroxylation is 1. The van der Waals surface area contributed by atoms with E-state index in [-0.39, 0.29) is 0 Å². The molecule has 0 aliphatic rings. The highest BCUT2D eigenvalue weighted by molar-refractivity contribution is 5.87. The van der Waals surface area contributed by atoms with E-state index < -0.39 is 0 Å². The Morgan fingerprint density at radius 3 is 2.69 bits per heavy atom. The third kappa shape index (κ3) is 1.78. The van der Waals surface area contributed by atoms with Crippen LogP contribution in [0.5, 0.6) is 0 Å². The average molecular weight is 174 g/mol. The molecule has 0 aromatic heterocycles. The van der Waals surface area contributed by atoms with Crippen molar-refractivity contribution in [3.05, 3.63) is 41.1 Å². The summed E-state index contributed by atoms with van der Waals surface area (Å²) in [4.78, 5) is 0. The van der Waals surface area contributed by atoms with Crippen LogP contribution >= 0.6 is 0 Å². The highest BCUT2D eigenvalue weighted by Gasteiger charge is 2.04. The minimum Gasteiger partial charge on any atom is -0.404 e. The van der Waals surface area contributed by atoms with E-state index in [0.717, 1.165) is 22.3 Å². The van der Waals surface area contributed by atoms with Crippen LogP contribution in [0.2, 0.25) is 0 Å². The molecule has 2 nitrogen and oxygen atoms in total. The lowest BCUT2D eigenvalue weighted by atomic mass is 9.97. The summed E-state index contributed by atoms with van der Waals surface area (Å²) in [5.41, 5.74) is 9.61. The Morgan fingerprint density at radius 2 is 2.15 bits per heavy atom. The van der Waals surface area contributed by atoms with Gasteiger partial charge < -0.3 is 11.1 Å². The lowest BCUT2D eigenvalue weighted by Gasteiger charge is -2.08. The molecule has 0 fully saturated rings. The second-order valence-corrected chi connectivity index (χ2v) is 3.03. The van der Waals surface area contributed by atoms with Crippen LogP contribution in [0, 0.1) is 12.3 Å². The van der Waals surface area contributed by atoms with Gasteiger partial charge >= 0.3 is 0 Å². The molecule has 2 heteroatoms. The summed E-state index contributed by atoms with van der Waals surface area (Å²) in [5, 5.41) is 7.26. The molecule has 0 saturated carbocycles. The van der Waals surface area contributed by atoms with E-state index in [1.54, 1.807) is 6.20 Å². The number of hydrogen-bond donors (Lipinski definition) is 2. The highest BCUT2D eigenvalue weighted by atomic mass is 14.5. The van der Waals surface area contributed by atoms with E-state index >= 15 is 0 Å². The zero-order valence-corrected chi connectivity index (χ0v) is 7.96. The largest absolute Gasteiger partial charge is 0.404 e. The topological polar surface area (TPSA) is 49.9 Å². The first-order chi connectivity index (χ1) is 6.20. The SMILES string of the molecule is CC(=CN)c1c(C)cccc1C=N. The summed E-state index contributed by atoms with van der Waals surface area (Å²) >= 11 is 0. The van der Waals surface area contributed by atoms with Crippen LogP contribution < -0.4 is 5.73 Å². The van der Waals surface area contributed by atoms with Gasteiger partial charge in [0.15, 0.2) is 0 Å². The molecule has 0 aliphatic heterocycles. The number of allylic oxidation sites excluding steroid dienone is 1. The van der Waals surface area contributed by atoms with E-state index in [1.165, 1.54) is 6.21 Å². The minimum atomic E-state index is 0.916. The second kappa shape index (κ2) is 3.90. The Kier molecular flexibility index (Phi) is 2.85. The van der Waals surface area contributed by atoms with Crippen molar-refractivity contribution in [1.29, 1.82) is 5.41 Å². The smallest absolute Gasteiger partial charge is 0.0256 e. The van der Waals surface area contributed by atoms with Gasteiger partial charge in [0.05, 0.1) is 0 Å². The molecule has 0 radical (unpaired) electrons. The molecule has 0 heterocycles. The van der Waals surface area contributed by atoms with Crippen molar-refractivity contribution in [3.8, 4) is 0 Å². The van der Waals surface area contributed by atoms with Crippen molar-refractivity contribution in [2.45, 2.75) is 13.8 Å². The third-order valence-corrected chi connectivity index (χ3v) is 2.10. The van der Waals surface area contributed by atoms with Crippen molar-refractivity contribution in [1.82, 2.24) is 0 Å². The molecule has 0 saturated heterocycles. The van der Waals surface area contributed by atoms with Crippen molar-refractivity contribution < 1.29 is 0 Å². The van der Waals surface area contributed by atoms with Gasteiger partial charge in [0.1, 0.15) is 0 Å². The monoisotopic (exact) mass is 174 g/mol. The van der Waals surface area contributed by atoms with E-state index in [1.807, 2.05) is 32.0 Å². The predicted octanol–water partition coefficient (Wildman–Crippen LogP) is 2.31. The Morgan fingerprint density at radius 1 is 1.46 bits per heavy atom. The van der Waals surface area contributed by atoms with Gasteiger partial charge in [0.25, 0.3) is 0 Å². The molecule has 0 bridgehead atoms. The number of rotatable bonds is 2. The van der Waals surface area contributed by atoms with E-state index in [0.29, 0.717) is 0 Å². The number of nitrogens with two attached hydrogens (primary N) is 1. The molecular formula is C11H14N2. The Labute approximate surface area is 78.6 Å². The van der Waals surface area contributed by atoms with Crippen LogP contribution in [0.25, 0.3) is 5.57 Å². The van der Waals surface area contributed by atoms with Crippen molar-refractivity contribution in [2.75, 3.05) is 0 Å². The summed E-state index contributed by atoms with van der Waals surface area (Å²) in [6.45, 7) is 3.98. The summed E-state index contributed by atoms with van der Waals surface area (Å²) < 4.78 is 0. The third-order valence-electron chi connectivity index (χ3n) is 2.10. The molecule has 1 aromatic rings. The lowest BCUT2D eigenvalue weighted by Crippen LogP contribution is -1.95. The van der Waals surface area contributed by atoms with Crippen LogP contribution in [0.15, 0.2) is 24.4 Å². The van der Waals surface area contributed by atoms with Crippen LogP contribution in [0.1, 0.15) is 23.6 Å². The van der Waals surface area contributed by atoms with Gasteiger partial charge in [-0.3, -0.25) is 0 Å². The number of benzene rings is 1. The predicted molar refractivity (Wildman–Crippen MR) is 56.9 cm³/mol. The molecule has 0 aliphatic carbocycles. The molecule has 0 amide bonds. The zero-order valence-electron chi connectivity index (χ0n) is 7.96. The fourth-order valence-electron chi connectivity index (χ4n) is 1.43. The standard InChI is InChI=1S/C11H14N2/c1-8-4-3-5-10(7-13)11(8)9(2)6-12/h3-7,13H,12H2,1-2H3. The van der Waals surface area contributed by atoms with Crippen molar-refractivity contribution >= 4 is 11.8 Å². The van der Waals surface area contributed by atoms with Gasteiger partial charge in [-0.05, 0) is 42.3 Å². The second-order valence-electron chi connectivity index (χ2n) is 3.03. The molecule has 1 aromatic carbocycles. The van der Waals surface area contributed by atoms with Gasteiger partial charge in [0, 0.05) is 6.21 Å². The normalized spacial score (nSPS) is 11.4. The Balaban J connectivity index is 3.39. The maximum absolute atomic E-state index is 7.26. The van der Waals surface area contributed by atoms with E-state index in [4.69, 9.17) is 11.1 Å². The summed E-state index contributed by atoms with van der Waals surface area (Å²) in [6.07, 6.45) is 2.94. The van der Waals surface area contributed by atoms with Gasteiger partial charge in [-0.2, -0.15) is 0 Å². The molecule has 68 valence electrons. The van der Waals surface area contributed by atoms with Gasteiger partial charge in [-0.25, -0.2) is 0 Å². The molecule has 0 atom stereocenters. The molecule has 1 rings (SSSR count). The highest BCUT2D eigenvalue weighted by Crippen LogP contribution is 2.20. The van der Waals surface area contributed by atoms with Crippen LogP contribution in [-0.4, -0.2) is 6.21 Å².